The van der Waals surface area contributed by atoms with Crippen molar-refractivity contribution in [3.8, 4) is 0 Å². The van der Waals surface area contributed by atoms with Crippen LogP contribution in [0, 0.1) is 5.41 Å². The Labute approximate surface area is 106 Å². The molecule has 2 rings (SSSR count). The van der Waals surface area contributed by atoms with E-state index in [0.717, 1.165) is 6.54 Å². The summed E-state index contributed by atoms with van der Waals surface area (Å²) >= 11 is 0. The van der Waals surface area contributed by atoms with E-state index in [4.69, 9.17) is 0 Å². The maximum atomic E-state index is 3.47. The van der Waals surface area contributed by atoms with Gasteiger partial charge in [-0.3, -0.25) is 0 Å². The second-order valence-corrected chi connectivity index (χ2v) is 6.44. The van der Waals surface area contributed by atoms with Crippen molar-refractivity contribution in [1.29, 1.82) is 0 Å². The normalized spacial score (nSPS) is 15.2. The van der Waals surface area contributed by atoms with Gasteiger partial charge in [-0.15, -0.1) is 0 Å². The molecule has 0 bridgehead atoms. The van der Waals surface area contributed by atoms with Gasteiger partial charge in [-0.1, -0.05) is 32.9 Å². The Morgan fingerprint density at radius 3 is 2.82 bits per heavy atom. The summed E-state index contributed by atoms with van der Waals surface area (Å²) < 4.78 is 0. The molecular formula is C16H25N. The molecule has 1 heterocycles. The van der Waals surface area contributed by atoms with Gasteiger partial charge in [-0.2, -0.15) is 0 Å². The molecule has 0 fully saturated rings. The molecule has 0 unspecified atom stereocenters. The first-order chi connectivity index (χ1) is 8.04. The fraction of sp³-hybridized carbons (Fsp3) is 0.625. The molecule has 0 radical (unpaired) electrons. The number of benzene rings is 1. The van der Waals surface area contributed by atoms with Gasteiger partial charge < -0.3 is 5.32 Å². The second-order valence-electron chi connectivity index (χ2n) is 6.44. The molecule has 1 aromatic carbocycles. The van der Waals surface area contributed by atoms with E-state index in [-0.39, 0.29) is 0 Å². The van der Waals surface area contributed by atoms with E-state index in [1.165, 1.54) is 48.9 Å². The van der Waals surface area contributed by atoms with E-state index in [0.29, 0.717) is 5.41 Å². The minimum atomic E-state index is 0.468. The van der Waals surface area contributed by atoms with Gasteiger partial charge in [0.1, 0.15) is 0 Å². The van der Waals surface area contributed by atoms with E-state index in [1.54, 1.807) is 0 Å². The van der Waals surface area contributed by atoms with E-state index < -0.39 is 0 Å². The summed E-state index contributed by atoms with van der Waals surface area (Å²) in [5, 5.41) is 3.47. The van der Waals surface area contributed by atoms with Crippen LogP contribution in [-0.4, -0.2) is 6.54 Å². The van der Waals surface area contributed by atoms with Crippen LogP contribution < -0.4 is 5.32 Å². The Morgan fingerprint density at radius 1 is 1.24 bits per heavy atom. The molecular weight excluding hydrogens is 206 g/mol. The van der Waals surface area contributed by atoms with Crippen molar-refractivity contribution >= 4 is 5.69 Å². The largest absolute Gasteiger partial charge is 0.385 e. The van der Waals surface area contributed by atoms with Crippen molar-refractivity contribution in [2.45, 2.75) is 52.9 Å². The molecule has 0 saturated carbocycles. The lowest BCUT2D eigenvalue weighted by Crippen LogP contribution is -2.11. The number of rotatable bonds is 3. The van der Waals surface area contributed by atoms with Crippen LogP contribution in [-0.2, 0) is 12.8 Å². The summed E-state index contributed by atoms with van der Waals surface area (Å²) in [6, 6.07) is 6.96. The highest BCUT2D eigenvalue weighted by molar-refractivity contribution is 5.54. The zero-order valence-corrected chi connectivity index (χ0v) is 11.5. The van der Waals surface area contributed by atoms with Crippen molar-refractivity contribution in [1.82, 2.24) is 0 Å². The van der Waals surface area contributed by atoms with Crippen LogP contribution in [0.5, 0.6) is 0 Å². The minimum absolute atomic E-state index is 0.468. The highest BCUT2D eigenvalue weighted by atomic mass is 14.9. The van der Waals surface area contributed by atoms with Gasteiger partial charge in [-0.25, -0.2) is 0 Å². The molecule has 0 amide bonds. The van der Waals surface area contributed by atoms with Gasteiger partial charge in [-0.05, 0) is 54.7 Å². The zero-order chi connectivity index (χ0) is 12.3. The molecule has 0 aliphatic carbocycles. The highest BCUT2D eigenvalue weighted by Gasteiger charge is 2.11. The molecule has 0 saturated heterocycles. The van der Waals surface area contributed by atoms with E-state index in [1.807, 2.05) is 0 Å². The lowest BCUT2D eigenvalue weighted by molar-refractivity contribution is 0.365. The molecule has 1 aliphatic heterocycles. The average Bonchev–Trinajstić information content (AvgIpc) is 2.27. The minimum Gasteiger partial charge on any atom is -0.385 e. The summed E-state index contributed by atoms with van der Waals surface area (Å²) in [5.74, 6) is 0. The third-order valence-electron chi connectivity index (χ3n) is 3.50. The summed E-state index contributed by atoms with van der Waals surface area (Å²) in [6.07, 6.45) is 6.36. The van der Waals surface area contributed by atoms with Crippen LogP contribution in [0.15, 0.2) is 18.2 Å². The first-order valence-electron chi connectivity index (χ1n) is 6.90. The molecule has 0 atom stereocenters. The number of hydrogen-bond acceptors (Lipinski definition) is 1. The Kier molecular flexibility index (Phi) is 3.76. The van der Waals surface area contributed by atoms with Crippen molar-refractivity contribution in [2.75, 3.05) is 11.9 Å². The predicted octanol–water partition coefficient (Wildman–Crippen LogP) is 4.41. The molecule has 1 nitrogen and oxygen atoms in total. The van der Waals surface area contributed by atoms with Crippen LogP contribution >= 0.6 is 0 Å². The Hall–Kier alpha value is -0.980. The average molecular weight is 231 g/mol. The standard InChI is InChI=1S/C16H25N/c1-16(2,3)10-4-6-13-8-9-15-14(12-13)7-5-11-17-15/h8-9,12,17H,4-7,10-11H2,1-3H3. The quantitative estimate of drug-likeness (QED) is 0.812. The van der Waals surface area contributed by atoms with Crippen molar-refractivity contribution in [2.24, 2.45) is 5.41 Å². The second kappa shape index (κ2) is 5.12. The Morgan fingerprint density at radius 2 is 2.06 bits per heavy atom. The number of fused-ring (bicyclic) bond motifs is 1. The molecule has 94 valence electrons. The maximum Gasteiger partial charge on any atom is 0.0372 e. The smallest absolute Gasteiger partial charge is 0.0372 e. The fourth-order valence-corrected chi connectivity index (χ4v) is 2.51. The first-order valence-corrected chi connectivity index (χ1v) is 6.90. The lowest BCUT2D eigenvalue weighted by atomic mass is 9.88. The molecule has 0 aromatic heterocycles. The van der Waals surface area contributed by atoms with Crippen LogP contribution in [0.2, 0.25) is 0 Å². The first kappa shape index (κ1) is 12.5. The molecule has 1 aromatic rings. The third-order valence-corrected chi connectivity index (χ3v) is 3.50. The van der Waals surface area contributed by atoms with Crippen molar-refractivity contribution < 1.29 is 0 Å². The summed E-state index contributed by atoms with van der Waals surface area (Å²) in [4.78, 5) is 0. The van der Waals surface area contributed by atoms with Crippen molar-refractivity contribution in [3.05, 3.63) is 29.3 Å². The summed E-state index contributed by atoms with van der Waals surface area (Å²) in [6.45, 7) is 8.10. The van der Waals surface area contributed by atoms with Gasteiger partial charge in [0.05, 0.1) is 0 Å². The molecule has 0 spiro atoms. The van der Waals surface area contributed by atoms with Gasteiger partial charge >= 0.3 is 0 Å². The maximum absolute atomic E-state index is 3.47. The van der Waals surface area contributed by atoms with Gasteiger partial charge in [0.2, 0.25) is 0 Å². The summed E-state index contributed by atoms with van der Waals surface area (Å²) in [7, 11) is 0. The van der Waals surface area contributed by atoms with Crippen LogP contribution in [0.3, 0.4) is 0 Å². The number of hydrogen-bond donors (Lipinski definition) is 1. The monoisotopic (exact) mass is 231 g/mol. The zero-order valence-electron chi connectivity index (χ0n) is 11.5. The lowest BCUT2D eigenvalue weighted by Gasteiger charge is -2.20. The molecule has 1 heteroatoms. The summed E-state index contributed by atoms with van der Waals surface area (Å²) in [5.41, 5.74) is 4.85. The predicted molar refractivity (Wildman–Crippen MR) is 75.6 cm³/mol. The van der Waals surface area contributed by atoms with Gasteiger partial charge in [0.25, 0.3) is 0 Å². The van der Waals surface area contributed by atoms with Gasteiger partial charge in [0.15, 0.2) is 0 Å². The van der Waals surface area contributed by atoms with E-state index in [2.05, 4.69) is 44.3 Å². The van der Waals surface area contributed by atoms with E-state index in [9.17, 15) is 0 Å². The van der Waals surface area contributed by atoms with Gasteiger partial charge in [0, 0.05) is 12.2 Å². The molecule has 17 heavy (non-hydrogen) atoms. The van der Waals surface area contributed by atoms with Crippen LogP contribution in [0.4, 0.5) is 5.69 Å². The number of aryl methyl sites for hydroxylation is 2. The number of anilines is 1. The molecule has 1 aliphatic rings. The highest BCUT2D eigenvalue weighted by Crippen LogP contribution is 2.25. The fourth-order valence-electron chi connectivity index (χ4n) is 2.51. The Balaban J connectivity index is 1.93. The van der Waals surface area contributed by atoms with E-state index >= 15 is 0 Å². The number of nitrogens with one attached hydrogen (secondary N) is 1. The third kappa shape index (κ3) is 3.76. The SMILES string of the molecule is CC(C)(C)CCCc1ccc2c(c1)CCCN2. The Bertz CT molecular complexity index is 374. The molecule has 1 N–H and O–H groups in total. The van der Waals surface area contributed by atoms with Crippen molar-refractivity contribution in [3.63, 3.8) is 0 Å². The topological polar surface area (TPSA) is 12.0 Å². The van der Waals surface area contributed by atoms with Crippen LogP contribution in [0.1, 0.15) is 51.2 Å². The van der Waals surface area contributed by atoms with Crippen LogP contribution in [0.25, 0.3) is 0 Å².